The van der Waals surface area contributed by atoms with Gasteiger partial charge >= 0.3 is 5.97 Å². The van der Waals surface area contributed by atoms with E-state index in [2.05, 4.69) is 19.4 Å². The third-order valence-corrected chi connectivity index (χ3v) is 5.06. The van der Waals surface area contributed by atoms with E-state index in [1.807, 2.05) is 0 Å². The van der Waals surface area contributed by atoms with Crippen LogP contribution in [0.5, 0.6) is 0 Å². The van der Waals surface area contributed by atoms with Gasteiger partial charge in [0, 0.05) is 18.9 Å². The van der Waals surface area contributed by atoms with Gasteiger partial charge in [0.1, 0.15) is 0 Å². The first kappa shape index (κ1) is 13.7. The second-order valence-corrected chi connectivity index (χ2v) is 6.34. The molecule has 0 aliphatic heterocycles. The summed E-state index contributed by atoms with van der Waals surface area (Å²) in [5.74, 6) is -0.775. The summed E-state index contributed by atoms with van der Waals surface area (Å²) in [7, 11) is -2.62. The van der Waals surface area contributed by atoms with E-state index in [1.54, 1.807) is 18.5 Å². The average Bonchev–Trinajstić information content (AvgIpc) is 3.06. The molecule has 7 nitrogen and oxygen atoms in total. The standard InChI is InChI=1S/C10H11N3O4S2/c1-17-9(14)8-10(18-6-12-8)19(15,16)13-5-7-2-3-11-4-7/h2-4,6,11,13H,5H2,1H3. The van der Waals surface area contributed by atoms with Gasteiger partial charge in [-0.05, 0) is 11.6 Å². The Kier molecular flexibility index (Phi) is 3.98. The van der Waals surface area contributed by atoms with E-state index in [0.717, 1.165) is 16.9 Å². The van der Waals surface area contributed by atoms with Crippen LogP contribution in [0.2, 0.25) is 0 Å². The first-order valence-electron chi connectivity index (χ1n) is 5.17. The number of aromatic nitrogens is 2. The topological polar surface area (TPSA) is 101 Å². The lowest BCUT2D eigenvalue weighted by Crippen LogP contribution is -2.24. The molecule has 2 heterocycles. The minimum atomic E-state index is -3.79. The molecule has 0 radical (unpaired) electrons. The summed E-state index contributed by atoms with van der Waals surface area (Å²) in [4.78, 5) is 17.9. The first-order chi connectivity index (χ1) is 9.04. The number of methoxy groups -OCH3 is 1. The van der Waals surface area contributed by atoms with Gasteiger partial charge < -0.3 is 9.72 Å². The molecule has 0 aromatic carbocycles. The van der Waals surface area contributed by atoms with E-state index >= 15 is 0 Å². The van der Waals surface area contributed by atoms with Gasteiger partial charge in [0.25, 0.3) is 10.0 Å². The molecule has 2 aromatic heterocycles. The Morgan fingerprint density at radius 1 is 1.58 bits per heavy atom. The second-order valence-electron chi connectivity index (χ2n) is 3.52. The fourth-order valence-corrected chi connectivity index (χ4v) is 3.56. The average molecular weight is 301 g/mol. The molecular weight excluding hydrogens is 290 g/mol. The van der Waals surface area contributed by atoms with Crippen LogP contribution in [-0.2, 0) is 21.3 Å². The molecule has 0 unspecified atom stereocenters. The minimum absolute atomic E-state index is 0.129. The second kappa shape index (κ2) is 5.51. The van der Waals surface area contributed by atoms with Gasteiger partial charge in [-0.25, -0.2) is 22.9 Å². The summed E-state index contributed by atoms with van der Waals surface area (Å²) in [6.45, 7) is 0.129. The smallest absolute Gasteiger partial charge is 0.358 e. The molecule has 0 saturated heterocycles. The van der Waals surface area contributed by atoms with E-state index in [-0.39, 0.29) is 16.4 Å². The molecule has 19 heavy (non-hydrogen) atoms. The highest BCUT2D eigenvalue weighted by molar-refractivity contribution is 7.91. The van der Waals surface area contributed by atoms with Crippen LogP contribution in [0.25, 0.3) is 0 Å². The monoisotopic (exact) mass is 301 g/mol. The fraction of sp³-hybridized carbons (Fsp3) is 0.200. The van der Waals surface area contributed by atoms with Crippen molar-refractivity contribution in [2.24, 2.45) is 0 Å². The SMILES string of the molecule is COC(=O)c1ncsc1S(=O)(=O)NCc1cc[nH]c1. The van der Waals surface area contributed by atoms with Gasteiger partial charge in [0.05, 0.1) is 12.6 Å². The van der Waals surface area contributed by atoms with Crippen LogP contribution in [-0.4, -0.2) is 31.5 Å². The molecule has 0 aliphatic rings. The maximum atomic E-state index is 12.1. The van der Waals surface area contributed by atoms with Crippen molar-refractivity contribution in [3.63, 3.8) is 0 Å². The normalized spacial score (nSPS) is 11.4. The van der Waals surface area contributed by atoms with E-state index < -0.39 is 16.0 Å². The number of carbonyl (C=O) groups is 1. The van der Waals surface area contributed by atoms with Crippen LogP contribution in [0, 0.1) is 0 Å². The number of thiazole rings is 1. The highest BCUT2D eigenvalue weighted by Gasteiger charge is 2.26. The number of H-pyrrole nitrogens is 1. The van der Waals surface area contributed by atoms with E-state index in [4.69, 9.17) is 0 Å². The highest BCUT2D eigenvalue weighted by atomic mass is 32.2. The van der Waals surface area contributed by atoms with Crippen molar-refractivity contribution in [2.45, 2.75) is 10.8 Å². The Labute approximate surface area is 113 Å². The Bertz CT molecular complexity index is 661. The molecule has 102 valence electrons. The van der Waals surface area contributed by atoms with Gasteiger partial charge in [-0.2, -0.15) is 0 Å². The van der Waals surface area contributed by atoms with Gasteiger partial charge in [-0.3, -0.25) is 0 Å². The van der Waals surface area contributed by atoms with Crippen LogP contribution < -0.4 is 4.72 Å². The van der Waals surface area contributed by atoms with Gasteiger partial charge in [0.15, 0.2) is 9.90 Å². The molecule has 0 saturated carbocycles. The van der Waals surface area contributed by atoms with Crippen molar-refractivity contribution < 1.29 is 17.9 Å². The molecule has 2 N–H and O–H groups in total. The molecule has 9 heteroatoms. The lowest BCUT2D eigenvalue weighted by atomic mass is 10.4. The van der Waals surface area contributed by atoms with E-state index in [1.165, 1.54) is 12.6 Å². The van der Waals surface area contributed by atoms with Crippen molar-refractivity contribution >= 4 is 27.3 Å². The van der Waals surface area contributed by atoms with E-state index in [0.29, 0.717) is 0 Å². The van der Waals surface area contributed by atoms with Crippen LogP contribution in [0.1, 0.15) is 16.1 Å². The summed E-state index contributed by atoms with van der Waals surface area (Å²) >= 11 is 0.867. The van der Waals surface area contributed by atoms with E-state index in [9.17, 15) is 13.2 Å². The zero-order valence-corrected chi connectivity index (χ0v) is 11.5. The molecule has 2 aromatic rings. The predicted molar refractivity (Wildman–Crippen MR) is 68.3 cm³/mol. The Morgan fingerprint density at radius 2 is 2.37 bits per heavy atom. The first-order valence-corrected chi connectivity index (χ1v) is 7.54. The molecule has 0 aliphatic carbocycles. The number of hydrogen-bond acceptors (Lipinski definition) is 6. The molecule has 0 spiro atoms. The van der Waals surface area contributed by atoms with Gasteiger partial charge in [-0.1, -0.05) is 0 Å². The molecule has 0 atom stereocenters. The number of esters is 1. The summed E-state index contributed by atoms with van der Waals surface area (Å²) in [5, 5.41) is 0. The predicted octanol–water partition coefficient (Wildman–Crippen LogP) is 0.736. The number of carbonyl (C=O) groups excluding carboxylic acids is 1. The zero-order chi connectivity index (χ0) is 13.9. The Hall–Kier alpha value is -1.71. The molecule has 0 bridgehead atoms. The zero-order valence-electron chi connectivity index (χ0n) is 9.91. The molecule has 0 amide bonds. The van der Waals surface area contributed by atoms with Crippen molar-refractivity contribution in [2.75, 3.05) is 7.11 Å². The number of ether oxygens (including phenoxy) is 1. The van der Waals surface area contributed by atoms with Crippen molar-refractivity contribution in [3.8, 4) is 0 Å². The Morgan fingerprint density at radius 3 is 3.00 bits per heavy atom. The lowest BCUT2D eigenvalue weighted by molar-refractivity contribution is 0.0590. The summed E-state index contributed by atoms with van der Waals surface area (Å²) < 4.78 is 30.9. The van der Waals surface area contributed by atoms with Crippen LogP contribution >= 0.6 is 11.3 Å². The summed E-state index contributed by atoms with van der Waals surface area (Å²) in [6.07, 6.45) is 3.37. The van der Waals surface area contributed by atoms with Crippen LogP contribution in [0.4, 0.5) is 0 Å². The summed E-state index contributed by atoms with van der Waals surface area (Å²) in [5.41, 5.74) is 1.87. The number of nitrogens with zero attached hydrogens (tertiary/aromatic N) is 1. The van der Waals surface area contributed by atoms with Gasteiger partial charge in [0.2, 0.25) is 0 Å². The van der Waals surface area contributed by atoms with Crippen molar-refractivity contribution in [1.82, 2.24) is 14.7 Å². The maximum Gasteiger partial charge on any atom is 0.358 e. The number of hydrogen-bond donors (Lipinski definition) is 2. The van der Waals surface area contributed by atoms with Crippen molar-refractivity contribution in [3.05, 3.63) is 35.2 Å². The lowest BCUT2D eigenvalue weighted by Gasteiger charge is -2.04. The number of rotatable bonds is 5. The third kappa shape index (κ3) is 3.00. The van der Waals surface area contributed by atoms with Crippen LogP contribution in [0.3, 0.4) is 0 Å². The van der Waals surface area contributed by atoms with Crippen molar-refractivity contribution in [1.29, 1.82) is 0 Å². The largest absolute Gasteiger partial charge is 0.464 e. The molecule has 2 rings (SSSR count). The molecular formula is C10H11N3O4S2. The fourth-order valence-electron chi connectivity index (χ4n) is 1.37. The maximum absolute atomic E-state index is 12.1. The quantitative estimate of drug-likeness (QED) is 0.793. The van der Waals surface area contributed by atoms with Crippen LogP contribution in [0.15, 0.2) is 28.2 Å². The number of aromatic amines is 1. The third-order valence-electron chi connectivity index (χ3n) is 2.29. The highest BCUT2D eigenvalue weighted by Crippen LogP contribution is 2.20. The Balaban J connectivity index is 2.20. The van der Waals surface area contributed by atoms with Gasteiger partial charge in [-0.15, -0.1) is 11.3 Å². The molecule has 0 fully saturated rings. The number of sulfonamides is 1. The summed E-state index contributed by atoms with van der Waals surface area (Å²) in [6, 6.07) is 1.75. The minimum Gasteiger partial charge on any atom is -0.464 e. The number of nitrogens with one attached hydrogen (secondary N) is 2.